The lowest BCUT2D eigenvalue weighted by Crippen LogP contribution is -2.06. The zero-order chi connectivity index (χ0) is 13.8. The number of carbonyl (C=O) groups is 1. The molecule has 0 aliphatic rings. The predicted octanol–water partition coefficient (Wildman–Crippen LogP) is 2.83. The van der Waals surface area contributed by atoms with Gasteiger partial charge in [-0.2, -0.15) is 5.10 Å². The fourth-order valence-corrected chi connectivity index (χ4v) is 1.76. The minimum absolute atomic E-state index is 0.0246. The van der Waals surface area contributed by atoms with E-state index in [-0.39, 0.29) is 12.3 Å². The molecule has 0 saturated carbocycles. The molecule has 6 heteroatoms. The normalized spacial score (nSPS) is 10.4. The maximum absolute atomic E-state index is 10.9. The third-order valence-corrected chi connectivity index (χ3v) is 2.83. The number of hydrogen-bond acceptors (Lipinski definition) is 3. The van der Waals surface area contributed by atoms with Crippen LogP contribution in [0.1, 0.15) is 23.1 Å². The monoisotopic (exact) mass is 280 g/mol. The molecule has 0 aliphatic heterocycles. The van der Waals surface area contributed by atoms with Crippen LogP contribution in [0.2, 0.25) is 5.02 Å². The van der Waals surface area contributed by atoms with Crippen LogP contribution in [0, 0.1) is 0 Å². The highest BCUT2D eigenvalue weighted by molar-refractivity contribution is 6.30. The molecular formula is C13H13ClN2O3. The molecule has 0 amide bonds. The topological polar surface area (TPSA) is 64.4 Å². The van der Waals surface area contributed by atoms with Crippen molar-refractivity contribution < 1.29 is 14.6 Å². The number of nitrogens with zero attached hydrogens (tertiary/aromatic N) is 2. The molecule has 19 heavy (non-hydrogen) atoms. The summed E-state index contributed by atoms with van der Waals surface area (Å²) < 4.78 is 7.18. The Balaban J connectivity index is 2.10. The summed E-state index contributed by atoms with van der Waals surface area (Å²) >= 11 is 5.78. The van der Waals surface area contributed by atoms with Crippen molar-refractivity contribution in [1.29, 1.82) is 0 Å². The Morgan fingerprint density at radius 1 is 1.42 bits per heavy atom. The van der Waals surface area contributed by atoms with Crippen LogP contribution >= 0.6 is 11.6 Å². The SMILES string of the molecule is CCn1nc(C(=O)O)cc1COc1ccc(Cl)cc1. The van der Waals surface area contributed by atoms with Gasteiger partial charge in [-0.1, -0.05) is 11.6 Å². The lowest BCUT2D eigenvalue weighted by atomic mass is 10.3. The van der Waals surface area contributed by atoms with E-state index in [0.29, 0.717) is 17.3 Å². The number of benzene rings is 1. The molecule has 1 aromatic heterocycles. The minimum atomic E-state index is -1.04. The standard InChI is InChI=1S/C13H13ClN2O3/c1-2-16-10(7-12(15-16)13(17)18)8-19-11-5-3-9(14)4-6-11/h3-7H,2,8H2,1H3,(H,17,18). The summed E-state index contributed by atoms with van der Waals surface area (Å²) in [4.78, 5) is 10.9. The number of ether oxygens (including phenoxy) is 1. The van der Waals surface area contributed by atoms with E-state index < -0.39 is 5.97 Å². The van der Waals surface area contributed by atoms with E-state index in [1.807, 2.05) is 6.92 Å². The van der Waals surface area contributed by atoms with Gasteiger partial charge in [-0.3, -0.25) is 4.68 Å². The summed E-state index contributed by atoms with van der Waals surface area (Å²) in [6.07, 6.45) is 0. The van der Waals surface area contributed by atoms with Crippen molar-refractivity contribution in [1.82, 2.24) is 9.78 Å². The zero-order valence-corrected chi connectivity index (χ0v) is 11.1. The van der Waals surface area contributed by atoms with Gasteiger partial charge in [0, 0.05) is 11.6 Å². The predicted molar refractivity (Wildman–Crippen MR) is 70.6 cm³/mol. The largest absolute Gasteiger partial charge is 0.487 e. The molecule has 100 valence electrons. The fourth-order valence-electron chi connectivity index (χ4n) is 1.64. The third kappa shape index (κ3) is 3.26. The molecule has 0 fully saturated rings. The molecule has 1 heterocycles. The summed E-state index contributed by atoms with van der Waals surface area (Å²) in [5, 5.41) is 13.5. The highest BCUT2D eigenvalue weighted by Crippen LogP contribution is 2.17. The van der Waals surface area contributed by atoms with Crippen molar-refractivity contribution in [2.24, 2.45) is 0 Å². The Morgan fingerprint density at radius 2 is 2.11 bits per heavy atom. The van der Waals surface area contributed by atoms with Gasteiger partial charge >= 0.3 is 5.97 Å². The van der Waals surface area contributed by atoms with E-state index in [4.69, 9.17) is 21.4 Å². The second kappa shape index (κ2) is 5.75. The molecule has 0 aliphatic carbocycles. The lowest BCUT2D eigenvalue weighted by molar-refractivity contribution is 0.0689. The smallest absolute Gasteiger partial charge is 0.356 e. The van der Waals surface area contributed by atoms with Crippen molar-refractivity contribution in [3.05, 3.63) is 46.7 Å². The van der Waals surface area contributed by atoms with Gasteiger partial charge in [0.2, 0.25) is 0 Å². The van der Waals surface area contributed by atoms with Gasteiger partial charge in [-0.05, 0) is 37.3 Å². The third-order valence-electron chi connectivity index (χ3n) is 2.58. The summed E-state index contributed by atoms with van der Waals surface area (Å²) in [7, 11) is 0. The summed E-state index contributed by atoms with van der Waals surface area (Å²) in [6.45, 7) is 2.74. The van der Waals surface area contributed by atoms with Crippen LogP contribution in [0.4, 0.5) is 0 Å². The van der Waals surface area contributed by atoms with Gasteiger partial charge in [0.15, 0.2) is 5.69 Å². The Morgan fingerprint density at radius 3 is 2.68 bits per heavy atom. The number of halogens is 1. The van der Waals surface area contributed by atoms with Crippen LogP contribution in [0.25, 0.3) is 0 Å². The molecule has 5 nitrogen and oxygen atoms in total. The van der Waals surface area contributed by atoms with Gasteiger partial charge in [0.05, 0.1) is 5.69 Å². The Labute approximate surface area is 115 Å². The number of aromatic carboxylic acids is 1. The highest BCUT2D eigenvalue weighted by Gasteiger charge is 2.12. The maximum atomic E-state index is 10.9. The molecule has 0 bridgehead atoms. The van der Waals surface area contributed by atoms with Gasteiger partial charge in [-0.15, -0.1) is 0 Å². The highest BCUT2D eigenvalue weighted by atomic mass is 35.5. The Hall–Kier alpha value is -2.01. The van der Waals surface area contributed by atoms with Crippen molar-refractivity contribution in [2.45, 2.75) is 20.1 Å². The summed E-state index contributed by atoms with van der Waals surface area (Å²) in [6, 6.07) is 8.50. The molecule has 2 rings (SSSR count). The number of carboxylic acid groups (broad SMARTS) is 1. The van der Waals surface area contributed by atoms with Crippen LogP contribution in [0.15, 0.2) is 30.3 Å². The van der Waals surface area contributed by atoms with Crippen LogP contribution < -0.4 is 4.74 Å². The number of carboxylic acids is 1. The molecule has 0 atom stereocenters. The van der Waals surface area contributed by atoms with Gasteiger partial charge in [0.25, 0.3) is 0 Å². The first-order valence-corrected chi connectivity index (χ1v) is 6.16. The van der Waals surface area contributed by atoms with Gasteiger partial charge in [-0.25, -0.2) is 4.79 Å². The Bertz CT molecular complexity index is 578. The summed E-state index contributed by atoms with van der Waals surface area (Å²) in [5.41, 5.74) is 0.742. The van der Waals surface area contributed by atoms with E-state index in [0.717, 1.165) is 5.69 Å². The maximum Gasteiger partial charge on any atom is 0.356 e. The Kier molecular flexibility index (Phi) is 4.06. The fraction of sp³-hybridized carbons (Fsp3) is 0.231. The van der Waals surface area contributed by atoms with Gasteiger partial charge < -0.3 is 9.84 Å². The average Bonchev–Trinajstić information content (AvgIpc) is 2.81. The van der Waals surface area contributed by atoms with E-state index in [2.05, 4.69) is 5.10 Å². The number of aryl methyl sites for hydroxylation is 1. The van der Waals surface area contributed by atoms with Crippen molar-refractivity contribution >= 4 is 17.6 Å². The molecule has 0 saturated heterocycles. The minimum Gasteiger partial charge on any atom is -0.487 e. The number of rotatable bonds is 5. The number of hydrogen-bond donors (Lipinski definition) is 1. The lowest BCUT2D eigenvalue weighted by Gasteiger charge is -2.07. The van der Waals surface area contributed by atoms with Crippen LogP contribution in [-0.2, 0) is 13.2 Å². The first kappa shape index (κ1) is 13.4. The molecular weight excluding hydrogens is 268 g/mol. The van der Waals surface area contributed by atoms with Crippen LogP contribution in [0.5, 0.6) is 5.75 Å². The second-order valence-corrected chi connectivity index (χ2v) is 4.32. The molecule has 1 aromatic carbocycles. The first-order chi connectivity index (χ1) is 9.10. The molecule has 1 N–H and O–H groups in total. The summed E-state index contributed by atoms with van der Waals surface area (Å²) in [5.74, 6) is -0.370. The van der Waals surface area contributed by atoms with Crippen molar-refractivity contribution in [2.75, 3.05) is 0 Å². The molecule has 0 radical (unpaired) electrons. The second-order valence-electron chi connectivity index (χ2n) is 3.88. The van der Waals surface area contributed by atoms with E-state index >= 15 is 0 Å². The van der Waals surface area contributed by atoms with E-state index in [9.17, 15) is 4.79 Å². The van der Waals surface area contributed by atoms with Gasteiger partial charge in [0.1, 0.15) is 12.4 Å². The quantitative estimate of drug-likeness (QED) is 0.915. The van der Waals surface area contributed by atoms with Crippen molar-refractivity contribution in [3.63, 3.8) is 0 Å². The average molecular weight is 281 g/mol. The van der Waals surface area contributed by atoms with Crippen LogP contribution in [-0.4, -0.2) is 20.9 Å². The van der Waals surface area contributed by atoms with Crippen molar-refractivity contribution in [3.8, 4) is 5.75 Å². The molecule has 0 spiro atoms. The molecule has 0 unspecified atom stereocenters. The van der Waals surface area contributed by atoms with E-state index in [1.165, 1.54) is 6.07 Å². The first-order valence-electron chi connectivity index (χ1n) is 5.78. The molecule has 2 aromatic rings. The van der Waals surface area contributed by atoms with E-state index in [1.54, 1.807) is 28.9 Å². The number of aromatic nitrogens is 2. The zero-order valence-electron chi connectivity index (χ0n) is 10.3. The van der Waals surface area contributed by atoms with Crippen LogP contribution in [0.3, 0.4) is 0 Å².